The molecule has 2 aromatic rings. The highest BCUT2D eigenvalue weighted by Crippen LogP contribution is 2.57. The molecule has 0 spiro atoms. The number of oxime groups is 1. The molecule has 2 atom stereocenters. The summed E-state index contributed by atoms with van der Waals surface area (Å²) in [6, 6.07) is 11.9. The zero-order valence-corrected chi connectivity index (χ0v) is 19.7. The second-order valence-electron chi connectivity index (χ2n) is 8.30. The molecule has 174 valence electrons. The van der Waals surface area contributed by atoms with E-state index >= 15 is 0 Å². The van der Waals surface area contributed by atoms with Gasteiger partial charge in [0.15, 0.2) is 0 Å². The second-order valence-corrected chi connectivity index (χ2v) is 10.7. The summed E-state index contributed by atoms with van der Waals surface area (Å²) in [5.41, 5.74) is 1.70. The molecular formula is C23H30NO7P. The Kier molecular flexibility index (Phi) is 7.93. The van der Waals surface area contributed by atoms with Gasteiger partial charge in [-0.05, 0) is 17.0 Å². The van der Waals surface area contributed by atoms with Crippen molar-refractivity contribution < 1.29 is 32.4 Å². The van der Waals surface area contributed by atoms with Gasteiger partial charge in [-0.2, -0.15) is 0 Å². The molecule has 2 unspecified atom stereocenters. The molecule has 9 heteroatoms. The van der Waals surface area contributed by atoms with E-state index in [1.807, 2.05) is 50.2 Å². The minimum absolute atomic E-state index is 0.0868. The van der Waals surface area contributed by atoms with E-state index in [0.717, 1.165) is 16.9 Å². The van der Waals surface area contributed by atoms with Gasteiger partial charge in [0.25, 0.3) is 0 Å². The summed E-state index contributed by atoms with van der Waals surface area (Å²) >= 11 is 0. The van der Waals surface area contributed by atoms with Crippen LogP contribution in [-0.2, 0) is 41.0 Å². The highest BCUT2D eigenvalue weighted by molar-refractivity contribution is 7.53. The number of rotatable bonds is 12. The van der Waals surface area contributed by atoms with Crippen molar-refractivity contribution in [2.45, 2.75) is 26.9 Å². The first-order valence-corrected chi connectivity index (χ1v) is 12.1. The van der Waals surface area contributed by atoms with Crippen LogP contribution in [-0.4, -0.2) is 39.2 Å². The van der Waals surface area contributed by atoms with Crippen molar-refractivity contribution in [3.63, 3.8) is 0 Å². The fourth-order valence-corrected chi connectivity index (χ4v) is 4.43. The molecule has 3 rings (SSSR count). The van der Waals surface area contributed by atoms with E-state index in [4.69, 9.17) is 23.0 Å². The van der Waals surface area contributed by atoms with Crippen molar-refractivity contribution >= 4 is 19.8 Å². The lowest BCUT2D eigenvalue weighted by Gasteiger charge is -2.11. The van der Waals surface area contributed by atoms with Gasteiger partial charge in [-0.1, -0.05) is 49.3 Å². The van der Waals surface area contributed by atoms with E-state index in [-0.39, 0.29) is 42.6 Å². The Morgan fingerprint density at radius 3 is 2.59 bits per heavy atom. The molecule has 1 fully saturated rings. The standard InChI is InChI=1S/C23H30NO7P/c1-23(2)20(14-24-31-10-11-32(26,27-3)28-4)21(23)22(25)30-16-18-13-19(29-15-18)12-17-8-6-5-7-9-17/h5-9,13-15,20-21H,10-12,16H2,1-4H3. The van der Waals surface area contributed by atoms with Gasteiger partial charge in [0.1, 0.15) is 19.0 Å². The second kappa shape index (κ2) is 10.5. The van der Waals surface area contributed by atoms with Crippen LogP contribution in [0.5, 0.6) is 0 Å². The summed E-state index contributed by atoms with van der Waals surface area (Å²) in [7, 11) is -0.473. The Hall–Kier alpha value is -2.41. The summed E-state index contributed by atoms with van der Waals surface area (Å²) in [5.74, 6) is 0.155. The first kappa shape index (κ1) is 24.2. The van der Waals surface area contributed by atoms with Crippen LogP contribution in [0, 0.1) is 17.3 Å². The predicted octanol–water partition coefficient (Wildman–Crippen LogP) is 4.67. The summed E-state index contributed by atoms with van der Waals surface area (Å²) < 4.78 is 32.7. The molecule has 0 saturated heterocycles. The zero-order chi connectivity index (χ0) is 23.2. The van der Waals surface area contributed by atoms with Crippen LogP contribution in [0.1, 0.15) is 30.7 Å². The lowest BCUT2D eigenvalue weighted by molar-refractivity contribution is -0.147. The summed E-state index contributed by atoms with van der Waals surface area (Å²) in [5, 5.41) is 3.91. The van der Waals surface area contributed by atoms with E-state index in [1.165, 1.54) is 14.2 Å². The fourth-order valence-electron chi connectivity index (χ4n) is 3.61. The van der Waals surface area contributed by atoms with Crippen molar-refractivity contribution in [1.29, 1.82) is 0 Å². The van der Waals surface area contributed by atoms with Crippen LogP contribution < -0.4 is 0 Å². The maximum Gasteiger partial charge on any atom is 0.333 e. The molecule has 1 saturated carbocycles. The average Bonchev–Trinajstić information content (AvgIpc) is 3.09. The Balaban J connectivity index is 1.44. The molecule has 0 N–H and O–H groups in total. The summed E-state index contributed by atoms with van der Waals surface area (Å²) in [6.45, 7) is 4.21. The van der Waals surface area contributed by atoms with Gasteiger partial charge in [-0.3, -0.25) is 9.36 Å². The monoisotopic (exact) mass is 463 g/mol. The van der Waals surface area contributed by atoms with Crippen molar-refractivity contribution in [2.24, 2.45) is 22.4 Å². The molecular weight excluding hydrogens is 433 g/mol. The fraction of sp³-hybridized carbons (Fsp3) is 0.478. The van der Waals surface area contributed by atoms with Crippen LogP contribution in [0.3, 0.4) is 0 Å². The number of nitrogens with zero attached hydrogens (tertiary/aromatic N) is 1. The number of benzene rings is 1. The molecule has 0 radical (unpaired) electrons. The lowest BCUT2D eigenvalue weighted by Crippen LogP contribution is -2.10. The number of carbonyl (C=O) groups is 1. The van der Waals surface area contributed by atoms with Gasteiger partial charge >= 0.3 is 13.6 Å². The van der Waals surface area contributed by atoms with Crippen molar-refractivity contribution in [3.05, 3.63) is 59.5 Å². The van der Waals surface area contributed by atoms with Crippen molar-refractivity contribution in [3.8, 4) is 0 Å². The van der Waals surface area contributed by atoms with Crippen LogP contribution in [0.2, 0.25) is 0 Å². The smallest absolute Gasteiger partial charge is 0.333 e. The molecule has 0 bridgehead atoms. The molecule has 1 aromatic heterocycles. The third-order valence-corrected chi connectivity index (χ3v) is 7.63. The van der Waals surface area contributed by atoms with Crippen LogP contribution in [0.25, 0.3) is 0 Å². The lowest BCUT2D eigenvalue weighted by atomic mass is 10.1. The molecule has 1 aromatic carbocycles. The average molecular weight is 463 g/mol. The number of ether oxygens (including phenoxy) is 1. The van der Waals surface area contributed by atoms with Crippen molar-refractivity contribution in [2.75, 3.05) is 27.0 Å². The molecule has 32 heavy (non-hydrogen) atoms. The van der Waals surface area contributed by atoms with E-state index in [2.05, 4.69) is 5.16 Å². The molecule has 1 aliphatic carbocycles. The normalized spacial score (nSPS) is 19.8. The number of hydrogen-bond acceptors (Lipinski definition) is 8. The topological polar surface area (TPSA) is 96.6 Å². The van der Waals surface area contributed by atoms with E-state index in [0.29, 0.717) is 6.42 Å². The van der Waals surface area contributed by atoms with Crippen LogP contribution >= 0.6 is 7.60 Å². The van der Waals surface area contributed by atoms with Gasteiger partial charge in [-0.15, -0.1) is 0 Å². The zero-order valence-electron chi connectivity index (χ0n) is 18.9. The minimum Gasteiger partial charge on any atom is -0.469 e. The van der Waals surface area contributed by atoms with E-state index in [9.17, 15) is 9.36 Å². The van der Waals surface area contributed by atoms with Gasteiger partial charge in [0, 0.05) is 38.3 Å². The number of carbonyl (C=O) groups excluding carboxylic acids is 1. The summed E-state index contributed by atoms with van der Waals surface area (Å²) in [6.07, 6.45) is 4.00. The Bertz CT molecular complexity index is 962. The molecule has 1 heterocycles. The first-order valence-electron chi connectivity index (χ1n) is 10.4. The maximum atomic E-state index is 12.6. The molecule has 8 nitrogen and oxygen atoms in total. The molecule has 0 amide bonds. The minimum atomic E-state index is -3.12. The number of hydrogen-bond donors (Lipinski definition) is 0. The maximum absolute atomic E-state index is 12.6. The van der Waals surface area contributed by atoms with Gasteiger partial charge in [-0.25, -0.2) is 0 Å². The van der Waals surface area contributed by atoms with E-state index in [1.54, 1.807) is 12.5 Å². The Morgan fingerprint density at radius 1 is 1.19 bits per heavy atom. The third kappa shape index (κ3) is 6.09. The number of furan rings is 1. The number of esters is 1. The summed E-state index contributed by atoms with van der Waals surface area (Å²) in [4.78, 5) is 17.7. The molecule has 0 aliphatic heterocycles. The van der Waals surface area contributed by atoms with Crippen LogP contribution in [0.15, 0.2) is 52.2 Å². The molecule has 1 aliphatic rings. The predicted molar refractivity (Wildman–Crippen MR) is 119 cm³/mol. The SMILES string of the molecule is COP(=O)(CCON=CC1C(C(=O)OCc2coc(Cc3ccccc3)c2)C1(C)C)OC. The Morgan fingerprint density at radius 2 is 1.91 bits per heavy atom. The van der Waals surface area contributed by atoms with E-state index < -0.39 is 7.60 Å². The first-order chi connectivity index (χ1) is 15.3. The van der Waals surface area contributed by atoms with Gasteiger partial charge in [0.05, 0.1) is 18.3 Å². The highest BCUT2D eigenvalue weighted by Gasteiger charge is 2.62. The van der Waals surface area contributed by atoms with Gasteiger partial charge < -0.3 is 23.0 Å². The largest absolute Gasteiger partial charge is 0.469 e. The van der Waals surface area contributed by atoms with Gasteiger partial charge in [0.2, 0.25) is 0 Å². The quantitative estimate of drug-likeness (QED) is 0.148. The van der Waals surface area contributed by atoms with Crippen molar-refractivity contribution in [1.82, 2.24) is 0 Å². The van der Waals surface area contributed by atoms with Crippen LogP contribution in [0.4, 0.5) is 0 Å². The highest BCUT2D eigenvalue weighted by atomic mass is 31.2. The third-order valence-electron chi connectivity index (χ3n) is 5.78. The Labute approximate surface area is 188 Å².